The van der Waals surface area contributed by atoms with E-state index >= 15 is 0 Å². The second-order valence-electron chi connectivity index (χ2n) is 3.87. The third-order valence-electron chi connectivity index (χ3n) is 2.40. The average molecular weight is 339 g/mol. The van der Waals surface area contributed by atoms with E-state index in [0.717, 1.165) is 9.32 Å². The van der Waals surface area contributed by atoms with Crippen molar-refractivity contribution in [2.45, 2.75) is 5.92 Å². The minimum atomic E-state index is -2.48. The summed E-state index contributed by atoms with van der Waals surface area (Å²) in [4.78, 5) is 1.69. The largest absolute Gasteiger partial charge is 0.492 e. The minimum Gasteiger partial charge on any atom is -0.492 e. The fourth-order valence-electron chi connectivity index (χ4n) is 1.59. The van der Waals surface area contributed by atoms with E-state index in [0.29, 0.717) is 13.2 Å². The molecule has 2 nitrogen and oxygen atoms in total. The fraction of sp³-hybridized carbons (Fsp3) is 0.455. The molecule has 1 fully saturated rings. The van der Waals surface area contributed by atoms with Crippen molar-refractivity contribution in [3.63, 3.8) is 0 Å². The number of rotatable bonds is 4. The van der Waals surface area contributed by atoms with Gasteiger partial charge in [-0.3, -0.25) is 4.90 Å². The molecular weight excluding hydrogens is 327 g/mol. The molecule has 88 valence electrons. The molecule has 1 saturated heterocycles. The second-order valence-corrected chi connectivity index (χ2v) is 5.11. The van der Waals surface area contributed by atoms with E-state index in [9.17, 15) is 8.78 Å². The van der Waals surface area contributed by atoms with Gasteiger partial charge in [0.05, 0.1) is 13.1 Å². The highest BCUT2D eigenvalue weighted by atomic mass is 127. The lowest BCUT2D eigenvalue weighted by molar-refractivity contribution is -0.132. The average Bonchev–Trinajstić information content (AvgIpc) is 2.18. The van der Waals surface area contributed by atoms with Crippen LogP contribution in [0.25, 0.3) is 0 Å². The standard InChI is InChI=1S/C11H12F2INO/c12-11(13)7-15(8-11)5-6-16-10-3-1-9(14)2-4-10/h1-4H,5-8H2. The zero-order valence-electron chi connectivity index (χ0n) is 8.63. The molecule has 1 aliphatic rings. The van der Waals surface area contributed by atoms with E-state index in [-0.39, 0.29) is 13.1 Å². The molecule has 0 spiro atoms. The SMILES string of the molecule is FC1(F)CN(CCOc2ccc(I)cc2)C1. The molecule has 0 atom stereocenters. The van der Waals surface area contributed by atoms with Gasteiger partial charge in [-0.1, -0.05) is 0 Å². The van der Waals surface area contributed by atoms with Crippen LogP contribution in [0.3, 0.4) is 0 Å². The van der Waals surface area contributed by atoms with Crippen LogP contribution in [0.4, 0.5) is 8.78 Å². The molecule has 0 N–H and O–H groups in total. The Balaban J connectivity index is 1.67. The number of likely N-dealkylation sites (tertiary alicyclic amines) is 1. The lowest BCUT2D eigenvalue weighted by Gasteiger charge is -2.38. The number of hydrogen-bond donors (Lipinski definition) is 0. The Labute approximate surface area is 107 Å². The normalized spacial score (nSPS) is 19.2. The van der Waals surface area contributed by atoms with Gasteiger partial charge in [0.2, 0.25) is 0 Å². The highest BCUT2D eigenvalue weighted by Crippen LogP contribution is 2.25. The predicted molar refractivity (Wildman–Crippen MR) is 66.0 cm³/mol. The summed E-state index contributed by atoms with van der Waals surface area (Å²) in [5, 5.41) is 0. The molecule has 0 aromatic heterocycles. The van der Waals surface area contributed by atoms with Crippen LogP contribution in [0.1, 0.15) is 0 Å². The van der Waals surface area contributed by atoms with Gasteiger partial charge >= 0.3 is 0 Å². The molecule has 0 saturated carbocycles. The minimum absolute atomic E-state index is 0.136. The summed E-state index contributed by atoms with van der Waals surface area (Å²) in [7, 11) is 0. The Morgan fingerprint density at radius 2 is 1.88 bits per heavy atom. The van der Waals surface area contributed by atoms with Crippen molar-refractivity contribution in [3.8, 4) is 5.75 Å². The van der Waals surface area contributed by atoms with Crippen LogP contribution < -0.4 is 4.74 Å². The van der Waals surface area contributed by atoms with Crippen LogP contribution in [0, 0.1) is 3.57 Å². The van der Waals surface area contributed by atoms with Crippen LogP contribution in [-0.4, -0.2) is 37.1 Å². The van der Waals surface area contributed by atoms with E-state index < -0.39 is 5.92 Å². The van der Waals surface area contributed by atoms with Crippen molar-refractivity contribution in [2.75, 3.05) is 26.2 Å². The molecule has 0 radical (unpaired) electrons. The van der Waals surface area contributed by atoms with E-state index in [4.69, 9.17) is 4.74 Å². The van der Waals surface area contributed by atoms with Crippen molar-refractivity contribution in [2.24, 2.45) is 0 Å². The highest BCUT2D eigenvalue weighted by molar-refractivity contribution is 14.1. The quantitative estimate of drug-likeness (QED) is 0.782. The smallest absolute Gasteiger partial charge is 0.272 e. The molecular formula is C11H12F2INO. The number of ether oxygens (including phenoxy) is 1. The molecule has 0 aliphatic carbocycles. The third kappa shape index (κ3) is 3.28. The molecule has 1 heterocycles. The Hall–Kier alpha value is -0.430. The van der Waals surface area contributed by atoms with Gasteiger partial charge in [0.15, 0.2) is 0 Å². The van der Waals surface area contributed by atoms with E-state index in [1.165, 1.54) is 0 Å². The molecule has 1 aromatic rings. The monoisotopic (exact) mass is 339 g/mol. The summed E-state index contributed by atoms with van der Waals surface area (Å²) in [5.74, 6) is -1.70. The Morgan fingerprint density at radius 3 is 2.44 bits per heavy atom. The maximum absolute atomic E-state index is 12.5. The Bertz CT molecular complexity index is 348. The van der Waals surface area contributed by atoms with Crippen LogP contribution in [0.15, 0.2) is 24.3 Å². The lowest BCUT2D eigenvalue weighted by atomic mass is 10.1. The van der Waals surface area contributed by atoms with Gasteiger partial charge in [-0.25, -0.2) is 8.78 Å². The number of alkyl halides is 2. The number of hydrogen-bond acceptors (Lipinski definition) is 2. The predicted octanol–water partition coefficient (Wildman–Crippen LogP) is 2.62. The summed E-state index contributed by atoms with van der Waals surface area (Å²) >= 11 is 2.22. The first-order valence-electron chi connectivity index (χ1n) is 5.04. The zero-order valence-corrected chi connectivity index (χ0v) is 10.8. The molecule has 16 heavy (non-hydrogen) atoms. The van der Waals surface area contributed by atoms with Gasteiger partial charge < -0.3 is 4.74 Å². The molecule has 0 amide bonds. The summed E-state index contributed by atoms with van der Waals surface area (Å²) in [6.45, 7) is 0.740. The van der Waals surface area contributed by atoms with Crippen LogP contribution in [0.5, 0.6) is 5.75 Å². The van der Waals surface area contributed by atoms with E-state index in [2.05, 4.69) is 22.6 Å². The van der Waals surface area contributed by atoms with Crippen molar-refractivity contribution in [1.82, 2.24) is 4.90 Å². The summed E-state index contributed by atoms with van der Waals surface area (Å²) < 4.78 is 31.6. The fourth-order valence-corrected chi connectivity index (χ4v) is 1.95. The first-order valence-corrected chi connectivity index (χ1v) is 6.12. The van der Waals surface area contributed by atoms with Gasteiger partial charge in [0.1, 0.15) is 12.4 Å². The second kappa shape index (κ2) is 4.83. The number of benzene rings is 1. The van der Waals surface area contributed by atoms with Crippen molar-refractivity contribution < 1.29 is 13.5 Å². The van der Waals surface area contributed by atoms with Crippen molar-refractivity contribution in [3.05, 3.63) is 27.8 Å². The Morgan fingerprint density at radius 1 is 1.25 bits per heavy atom. The molecule has 2 rings (SSSR count). The lowest BCUT2D eigenvalue weighted by Crippen LogP contribution is -2.56. The summed E-state index contributed by atoms with van der Waals surface area (Å²) in [5.41, 5.74) is 0. The van der Waals surface area contributed by atoms with Crippen LogP contribution in [0.2, 0.25) is 0 Å². The van der Waals surface area contributed by atoms with Gasteiger partial charge in [-0.05, 0) is 46.9 Å². The van der Waals surface area contributed by atoms with Gasteiger partial charge in [0, 0.05) is 10.1 Å². The molecule has 1 aliphatic heterocycles. The topological polar surface area (TPSA) is 12.5 Å². The molecule has 1 aromatic carbocycles. The highest BCUT2D eigenvalue weighted by Gasteiger charge is 2.43. The van der Waals surface area contributed by atoms with E-state index in [1.54, 1.807) is 4.90 Å². The van der Waals surface area contributed by atoms with Crippen LogP contribution >= 0.6 is 22.6 Å². The van der Waals surface area contributed by atoms with Gasteiger partial charge in [-0.15, -0.1) is 0 Å². The summed E-state index contributed by atoms with van der Waals surface area (Å²) in [6.07, 6.45) is 0. The zero-order chi connectivity index (χ0) is 11.6. The number of halogens is 3. The van der Waals surface area contributed by atoms with Crippen LogP contribution in [-0.2, 0) is 0 Å². The first kappa shape index (κ1) is 12.0. The third-order valence-corrected chi connectivity index (χ3v) is 3.12. The number of nitrogens with zero attached hydrogens (tertiary/aromatic N) is 1. The van der Waals surface area contributed by atoms with Gasteiger partial charge in [0.25, 0.3) is 5.92 Å². The maximum atomic E-state index is 12.5. The Kier molecular flexibility index (Phi) is 3.63. The molecule has 5 heteroatoms. The molecule has 0 bridgehead atoms. The van der Waals surface area contributed by atoms with E-state index in [1.807, 2.05) is 24.3 Å². The first-order chi connectivity index (χ1) is 7.55. The van der Waals surface area contributed by atoms with Crippen molar-refractivity contribution >= 4 is 22.6 Å². The molecule has 0 unspecified atom stereocenters. The van der Waals surface area contributed by atoms with Crippen molar-refractivity contribution in [1.29, 1.82) is 0 Å². The van der Waals surface area contributed by atoms with Gasteiger partial charge in [-0.2, -0.15) is 0 Å². The maximum Gasteiger partial charge on any atom is 0.272 e. The summed E-state index contributed by atoms with van der Waals surface area (Å²) in [6, 6.07) is 7.67.